The minimum absolute atomic E-state index is 0.434. The Balaban J connectivity index is 2.66. The van der Waals surface area contributed by atoms with Crippen LogP contribution in [0.15, 0.2) is 43.0 Å². The van der Waals surface area contributed by atoms with E-state index < -0.39 is 17.7 Å². The molecule has 1 unspecified atom stereocenters. The zero-order valence-corrected chi connectivity index (χ0v) is 10.5. The third-order valence-corrected chi connectivity index (χ3v) is 1.86. The van der Waals surface area contributed by atoms with Crippen molar-refractivity contribution in [3.63, 3.8) is 0 Å². The smallest absolute Gasteiger partial charge is 0.351 e. The second kappa shape index (κ2) is 5.53. The third kappa shape index (κ3) is 4.72. The van der Waals surface area contributed by atoms with E-state index in [9.17, 15) is 4.79 Å². The van der Waals surface area contributed by atoms with Crippen LogP contribution in [0.4, 0.5) is 0 Å². The molecule has 3 nitrogen and oxygen atoms in total. The molecule has 0 aliphatic rings. The summed E-state index contributed by atoms with van der Waals surface area (Å²) in [6.07, 6.45) is 0.651. The number of ether oxygens (including phenoxy) is 2. The monoisotopic (exact) mass is 234 g/mol. The van der Waals surface area contributed by atoms with Gasteiger partial charge in [-0.3, -0.25) is 0 Å². The van der Waals surface area contributed by atoms with E-state index in [1.807, 2.05) is 39.0 Å². The lowest BCUT2D eigenvalue weighted by Gasteiger charge is -2.22. The van der Waals surface area contributed by atoms with Crippen molar-refractivity contribution in [2.75, 3.05) is 0 Å². The van der Waals surface area contributed by atoms with Gasteiger partial charge in [0.15, 0.2) is 0 Å². The lowest BCUT2D eigenvalue weighted by molar-refractivity contribution is -0.161. The normalized spacial score (nSPS) is 12.6. The largest absolute Gasteiger partial charge is 0.475 e. The van der Waals surface area contributed by atoms with Crippen LogP contribution in [0.2, 0.25) is 0 Å². The van der Waals surface area contributed by atoms with Gasteiger partial charge in [-0.2, -0.15) is 0 Å². The quantitative estimate of drug-likeness (QED) is 0.593. The van der Waals surface area contributed by atoms with Crippen LogP contribution in [-0.4, -0.2) is 17.7 Å². The van der Waals surface area contributed by atoms with Crippen LogP contribution in [0.1, 0.15) is 20.8 Å². The molecule has 1 rings (SSSR count). The average molecular weight is 234 g/mol. The molecule has 0 saturated carbocycles. The van der Waals surface area contributed by atoms with Gasteiger partial charge in [0, 0.05) is 0 Å². The Labute approximate surface area is 102 Å². The molecule has 0 radical (unpaired) electrons. The van der Waals surface area contributed by atoms with Gasteiger partial charge in [0.1, 0.15) is 11.4 Å². The van der Waals surface area contributed by atoms with Crippen molar-refractivity contribution < 1.29 is 14.3 Å². The first kappa shape index (κ1) is 13.3. The molecule has 17 heavy (non-hydrogen) atoms. The second-order valence-corrected chi connectivity index (χ2v) is 4.62. The molecule has 1 aromatic carbocycles. The lowest BCUT2D eigenvalue weighted by Crippen LogP contribution is -2.34. The van der Waals surface area contributed by atoms with Gasteiger partial charge >= 0.3 is 5.97 Å². The number of carbonyl (C=O) groups excluding carboxylic acids is 1. The molecule has 0 aliphatic carbocycles. The maximum atomic E-state index is 11.8. The lowest BCUT2D eigenvalue weighted by atomic mass is 10.2. The third-order valence-electron chi connectivity index (χ3n) is 1.86. The highest BCUT2D eigenvalue weighted by molar-refractivity contribution is 5.77. The molecule has 1 aromatic rings. The Morgan fingerprint density at radius 1 is 1.29 bits per heavy atom. The molecule has 0 fully saturated rings. The maximum Gasteiger partial charge on any atom is 0.351 e. The minimum Gasteiger partial charge on any atom is -0.475 e. The molecule has 0 N–H and O–H groups in total. The average Bonchev–Trinajstić information content (AvgIpc) is 2.24. The van der Waals surface area contributed by atoms with Crippen molar-refractivity contribution in [2.24, 2.45) is 0 Å². The molecule has 3 heteroatoms. The molecule has 0 spiro atoms. The molecular formula is C14H18O3. The number of esters is 1. The fourth-order valence-electron chi connectivity index (χ4n) is 1.20. The zero-order valence-electron chi connectivity index (χ0n) is 10.5. The van der Waals surface area contributed by atoms with Crippen LogP contribution < -0.4 is 4.74 Å². The van der Waals surface area contributed by atoms with Crippen LogP contribution in [0.3, 0.4) is 0 Å². The Morgan fingerprint density at radius 2 is 1.88 bits per heavy atom. The molecule has 92 valence electrons. The Hall–Kier alpha value is -1.77. The van der Waals surface area contributed by atoms with Gasteiger partial charge in [-0.1, -0.05) is 24.8 Å². The zero-order chi connectivity index (χ0) is 12.9. The number of para-hydroxylation sites is 1. The second-order valence-electron chi connectivity index (χ2n) is 4.62. The Kier molecular flexibility index (Phi) is 4.32. The summed E-state index contributed by atoms with van der Waals surface area (Å²) in [4.78, 5) is 11.8. The first-order valence-corrected chi connectivity index (χ1v) is 5.49. The van der Waals surface area contributed by atoms with Crippen molar-refractivity contribution >= 4 is 5.97 Å². The summed E-state index contributed by atoms with van der Waals surface area (Å²) in [6.45, 7) is 9.02. The molecular weight excluding hydrogens is 216 g/mol. The van der Waals surface area contributed by atoms with E-state index in [0.717, 1.165) is 0 Å². The van der Waals surface area contributed by atoms with E-state index in [4.69, 9.17) is 9.47 Å². The summed E-state index contributed by atoms with van der Waals surface area (Å²) >= 11 is 0. The van der Waals surface area contributed by atoms with E-state index in [1.54, 1.807) is 12.1 Å². The van der Waals surface area contributed by atoms with Gasteiger partial charge in [-0.05, 0) is 39.0 Å². The van der Waals surface area contributed by atoms with Gasteiger partial charge in [-0.25, -0.2) is 4.79 Å². The summed E-state index contributed by atoms with van der Waals surface area (Å²) in [5, 5.41) is 0. The predicted octanol–water partition coefficient (Wildman–Crippen LogP) is 2.96. The Morgan fingerprint density at radius 3 is 2.35 bits per heavy atom. The highest BCUT2D eigenvalue weighted by atomic mass is 16.6. The van der Waals surface area contributed by atoms with Gasteiger partial charge in [-0.15, -0.1) is 0 Å². The van der Waals surface area contributed by atoms with E-state index >= 15 is 0 Å². The number of carbonyl (C=O) groups is 1. The van der Waals surface area contributed by atoms with E-state index in [2.05, 4.69) is 6.58 Å². The number of rotatable bonds is 4. The number of hydrogen-bond acceptors (Lipinski definition) is 3. The van der Waals surface area contributed by atoms with Gasteiger partial charge < -0.3 is 9.47 Å². The van der Waals surface area contributed by atoms with Crippen molar-refractivity contribution in [3.05, 3.63) is 43.0 Å². The van der Waals surface area contributed by atoms with Crippen LogP contribution in [0.5, 0.6) is 5.75 Å². The standard InChI is InChI=1S/C14H18O3/c1-5-12(13(15)17-14(2,3)4)16-11-9-7-6-8-10-11/h5-10,12H,1H2,2-4H3. The van der Waals surface area contributed by atoms with Crippen molar-refractivity contribution in [1.29, 1.82) is 0 Å². The number of hydrogen-bond donors (Lipinski definition) is 0. The van der Waals surface area contributed by atoms with Crippen LogP contribution in [-0.2, 0) is 9.53 Å². The summed E-state index contributed by atoms with van der Waals surface area (Å²) in [5.41, 5.74) is -0.529. The summed E-state index contributed by atoms with van der Waals surface area (Å²) < 4.78 is 10.7. The Bertz CT molecular complexity index is 376. The first-order chi connectivity index (χ1) is 7.92. The highest BCUT2D eigenvalue weighted by Crippen LogP contribution is 2.15. The minimum atomic E-state index is -0.781. The van der Waals surface area contributed by atoms with Crippen molar-refractivity contribution in [1.82, 2.24) is 0 Å². The van der Waals surface area contributed by atoms with Crippen molar-refractivity contribution in [3.8, 4) is 5.75 Å². The molecule has 0 heterocycles. The van der Waals surface area contributed by atoms with E-state index in [0.29, 0.717) is 5.75 Å². The highest BCUT2D eigenvalue weighted by Gasteiger charge is 2.24. The molecule has 0 amide bonds. The molecule has 0 aromatic heterocycles. The van der Waals surface area contributed by atoms with Gasteiger partial charge in [0.2, 0.25) is 6.10 Å². The van der Waals surface area contributed by atoms with E-state index in [-0.39, 0.29) is 0 Å². The number of benzene rings is 1. The van der Waals surface area contributed by atoms with Crippen LogP contribution >= 0.6 is 0 Å². The van der Waals surface area contributed by atoms with Gasteiger partial charge in [0.05, 0.1) is 0 Å². The predicted molar refractivity (Wildman–Crippen MR) is 66.9 cm³/mol. The first-order valence-electron chi connectivity index (χ1n) is 5.49. The van der Waals surface area contributed by atoms with Crippen molar-refractivity contribution in [2.45, 2.75) is 32.5 Å². The fraction of sp³-hybridized carbons (Fsp3) is 0.357. The SMILES string of the molecule is C=CC(Oc1ccccc1)C(=O)OC(C)(C)C. The van der Waals surface area contributed by atoms with Gasteiger partial charge in [0.25, 0.3) is 0 Å². The maximum absolute atomic E-state index is 11.8. The topological polar surface area (TPSA) is 35.5 Å². The van der Waals surface area contributed by atoms with Crippen LogP contribution in [0, 0.1) is 0 Å². The fourth-order valence-corrected chi connectivity index (χ4v) is 1.20. The summed E-state index contributed by atoms with van der Waals surface area (Å²) in [6, 6.07) is 9.11. The molecule has 0 saturated heterocycles. The molecule has 0 bridgehead atoms. The summed E-state index contributed by atoms with van der Waals surface area (Å²) in [7, 11) is 0. The van der Waals surface area contributed by atoms with E-state index in [1.165, 1.54) is 6.08 Å². The molecule has 0 aliphatic heterocycles. The van der Waals surface area contributed by atoms with Crippen LogP contribution in [0.25, 0.3) is 0 Å². The molecule has 1 atom stereocenters. The summed E-state index contributed by atoms with van der Waals surface area (Å²) in [5.74, 6) is 0.180.